The van der Waals surface area contributed by atoms with E-state index in [0.29, 0.717) is 24.6 Å². The molecule has 0 unspecified atom stereocenters. The summed E-state index contributed by atoms with van der Waals surface area (Å²) < 4.78 is 33.0. The summed E-state index contributed by atoms with van der Waals surface area (Å²) >= 11 is 0. The van der Waals surface area contributed by atoms with E-state index < -0.39 is 5.92 Å². The number of rotatable bonds is 6. The number of alkyl halides is 2. The van der Waals surface area contributed by atoms with Gasteiger partial charge in [0.25, 0.3) is 5.92 Å². The molecular formula is C21H32Cl2F2N2O2. The Morgan fingerprint density at radius 1 is 1.14 bits per heavy atom. The van der Waals surface area contributed by atoms with Gasteiger partial charge in [0.1, 0.15) is 11.9 Å². The molecule has 0 N–H and O–H groups in total. The Balaban J connectivity index is 0.00000210. The van der Waals surface area contributed by atoms with Gasteiger partial charge in [-0.15, -0.1) is 24.8 Å². The van der Waals surface area contributed by atoms with Gasteiger partial charge in [0.15, 0.2) is 5.78 Å². The van der Waals surface area contributed by atoms with Gasteiger partial charge < -0.3 is 9.64 Å². The van der Waals surface area contributed by atoms with Crippen LogP contribution in [0.4, 0.5) is 8.78 Å². The van der Waals surface area contributed by atoms with Crippen LogP contribution in [0.15, 0.2) is 24.3 Å². The van der Waals surface area contributed by atoms with E-state index in [1.165, 1.54) is 0 Å². The summed E-state index contributed by atoms with van der Waals surface area (Å²) in [6.45, 7) is 6.78. The molecule has 1 aromatic rings. The highest BCUT2D eigenvalue weighted by Gasteiger charge is 2.35. The van der Waals surface area contributed by atoms with E-state index in [9.17, 15) is 13.6 Å². The van der Waals surface area contributed by atoms with Crippen LogP contribution in [0.1, 0.15) is 49.9 Å². The Labute approximate surface area is 184 Å². The molecule has 2 aliphatic heterocycles. The summed E-state index contributed by atoms with van der Waals surface area (Å²) in [5, 5.41) is 0. The average molecular weight is 453 g/mol. The lowest BCUT2D eigenvalue weighted by Gasteiger charge is -2.34. The number of ketones is 1. The van der Waals surface area contributed by atoms with Gasteiger partial charge in [-0.3, -0.25) is 9.69 Å². The minimum absolute atomic E-state index is 0. The molecule has 0 amide bonds. The number of piperidine rings is 2. The van der Waals surface area contributed by atoms with Crippen molar-refractivity contribution in [3.05, 3.63) is 29.8 Å². The van der Waals surface area contributed by atoms with Crippen molar-refractivity contribution in [3.8, 4) is 5.75 Å². The number of halogens is 4. The molecule has 0 radical (unpaired) electrons. The number of nitrogens with zero attached hydrogens (tertiary/aromatic N) is 2. The molecular weight excluding hydrogens is 421 g/mol. The second kappa shape index (κ2) is 11.4. The third-order valence-electron chi connectivity index (χ3n) is 5.52. The molecule has 8 heteroatoms. The fourth-order valence-corrected chi connectivity index (χ4v) is 3.90. The maximum absolute atomic E-state index is 13.5. The van der Waals surface area contributed by atoms with Crippen LogP contribution in [0.2, 0.25) is 0 Å². The summed E-state index contributed by atoms with van der Waals surface area (Å²) in [7, 11) is 0. The van der Waals surface area contributed by atoms with Crippen LogP contribution in [0.5, 0.6) is 5.75 Å². The number of carbonyl (C=O) groups excluding carboxylic acids is 1. The first-order valence-corrected chi connectivity index (χ1v) is 9.96. The number of carbonyl (C=O) groups is 1. The number of hydrogen-bond acceptors (Lipinski definition) is 4. The van der Waals surface area contributed by atoms with Gasteiger partial charge in [0.2, 0.25) is 0 Å². The molecule has 1 aromatic carbocycles. The molecule has 0 spiro atoms. The first kappa shape index (κ1) is 26.1. The Kier molecular flexibility index (Phi) is 10.3. The molecule has 0 aliphatic carbocycles. The molecule has 0 atom stereocenters. The maximum Gasteiger partial charge on any atom is 0.260 e. The Bertz CT molecular complexity index is 636. The Morgan fingerprint density at radius 2 is 1.76 bits per heavy atom. The third-order valence-corrected chi connectivity index (χ3v) is 5.52. The van der Waals surface area contributed by atoms with Crippen LogP contribution < -0.4 is 4.74 Å². The lowest BCUT2D eigenvalue weighted by Crippen LogP contribution is -2.44. The first-order valence-electron chi connectivity index (χ1n) is 9.96. The van der Waals surface area contributed by atoms with E-state index in [1.54, 1.807) is 17.0 Å². The zero-order valence-corrected chi connectivity index (χ0v) is 18.7. The zero-order valence-electron chi connectivity index (χ0n) is 17.1. The molecule has 2 fully saturated rings. The van der Waals surface area contributed by atoms with Crippen LogP contribution in [-0.2, 0) is 0 Å². The van der Waals surface area contributed by atoms with Crippen molar-refractivity contribution in [2.75, 3.05) is 32.7 Å². The van der Waals surface area contributed by atoms with Gasteiger partial charge in [-0.05, 0) is 63.9 Å². The predicted octanol–water partition coefficient (Wildman–Crippen LogP) is 4.70. The smallest absolute Gasteiger partial charge is 0.260 e. The molecule has 2 saturated heterocycles. The maximum atomic E-state index is 13.5. The third kappa shape index (κ3) is 7.67. The van der Waals surface area contributed by atoms with E-state index in [2.05, 4.69) is 18.7 Å². The molecule has 2 aliphatic rings. The lowest BCUT2D eigenvalue weighted by molar-refractivity contribution is -0.0614. The van der Waals surface area contributed by atoms with Crippen LogP contribution in [0.3, 0.4) is 0 Å². The van der Waals surface area contributed by atoms with E-state index in [4.69, 9.17) is 4.74 Å². The molecule has 0 saturated carbocycles. The minimum Gasteiger partial charge on any atom is -0.490 e. The van der Waals surface area contributed by atoms with E-state index in [0.717, 1.165) is 31.7 Å². The van der Waals surface area contributed by atoms with Gasteiger partial charge in [0, 0.05) is 31.1 Å². The minimum atomic E-state index is -2.68. The van der Waals surface area contributed by atoms with Crippen LogP contribution >= 0.6 is 24.8 Å². The van der Waals surface area contributed by atoms with Gasteiger partial charge in [-0.2, -0.15) is 0 Å². The summed E-state index contributed by atoms with van der Waals surface area (Å²) in [6.07, 6.45) is 2.56. The average Bonchev–Trinajstić information content (AvgIpc) is 2.62. The van der Waals surface area contributed by atoms with Gasteiger partial charge in [-0.1, -0.05) is 0 Å². The van der Waals surface area contributed by atoms with E-state index in [1.807, 2.05) is 12.1 Å². The number of likely N-dealkylation sites (tertiary alicyclic amines) is 2. The Morgan fingerprint density at radius 3 is 2.31 bits per heavy atom. The normalized spacial score (nSPS) is 20.6. The molecule has 2 heterocycles. The van der Waals surface area contributed by atoms with Crippen LogP contribution in [0, 0.1) is 0 Å². The topological polar surface area (TPSA) is 32.8 Å². The highest BCUT2D eigenvalue weighted by atomic mass is 35.5. The molecule has 4 nitrogen and oxygen atoms in total. The van der Waals surface area contributed by atoms with Crippen molar-refractivity contribution in [2.45, 2.75) is 57.6 Å². The molecule has 3 rings (SSSR count). The van der Waals surface area contributed by atoms with Crippen molar-refractivity contribution < 1.29 is 18.3 Å². The van der Waals surface area contributed by atoms with Gasteiger partial charge >= 0.3 is 0 Å². The zero-order chi connectivity index (χ0) is 19.4. The summed E-state index contributed by atoms with van der Waals surface area (Å²) in [6, 6.07) is 7.67. The van der Waals surface area contributed by atoms with Crippen LogP contribution in [0.25, 0.3) is 0 Å². The number of benzene rings is 1. The highest BCUT2D eigenvalue weighted by molar-refractivity contribution is 5.97. The fraction of sp³-hybridized carbons (Fsp3) is 0.667. The van der Waals surface area contributed by atoms with Crippen molar-refractivity contribution in [1.82, 2.24) is 9.80 Å². The highest BCUT2D eigenvalue weighted by Crippen LogP contribution is 2.26. The lowest BCUT2D eigenvalue weighted by atomic mass is 10.0. The second-order valence-electron chi connectivity index (χ2n) is 8.06. The van der Waals surface area contributed by atoms with E-state index >= 15 is 0 Å². The summed E-state index contributed by atoms with van der Waals surface area (Å²) in [5.41, 5.74) is 0.547. The largest absolute Gasteiger partial charge is 0.490 e. The van der Waals surface area contributed by atoms with Crippen LogP contribution in [-0.4, -0.2) is 66.4 Å². The number of Topliss-reactive ketones (excluding diaryl/α,β-unsaturated/α-hetero) is 1. The van der Waals surface area contributed by atoms with E-state index in [-0.39, 0.29) is 56.2 Å². The second-order valence-corrected chi connectivity index (χ2v) is 8.06. The number of ether oxygens (including phenoxy) is 1. The molecule has 0 bridgehead atoms. The van der Waals surface area contributed by atoms with Crippen molar-refractivity contribution >= 4 is 30.6 Å². The quantitative estimate of drug-likeness (QED) is 0.585. The number of hydrogen-bond donors (Lipinski definition) is 0. The van der Waals surface area contributed by atoms with Gasteiger partial charge in [0.05, 0.1) is 13.1 Å². The summed E-state index contributed by atoms with van der Waals surface area (Å²) in [5.74, 6) is -2.04. The van der Waals surface area contributed by atoms with Crippen molar-refractivity contribution in [3.63, 3.8) is 0 Å². The van der Waals surface area contributed by atoms with Gasteiger partial charge in [-0.25, -0.2) is 8.78 Å². The predicted molar refractivity (Wildman–Crippen MR) is 116 cm³/mol. The Hall–Kier alpha value is -0.950. The molecule has 0 aromatic heterocycles. The van der Waals surface area contributed by atoms with Crippen molar-refractivity contribution in [2.24, 2.45) is 0 Å². The summed E-state index contributed by atoms with van der Waals surface area (Å²) in [4.78, 5) is 16.4. The fourth-order valence-electron chi connectivity index (χ4n) is 3.90. The van der Waals surface area contributed by atoms with Crippen molar-refractivity contribution in [1.29, 1.82) is 0 Å². The standard InChI is InChI=1S/C21H30F2N2O2.2ClH/c1-16(2)25-12-8-19(9-13-25)27-18-6-4-17(5-7-18)20(26)14-24-11-3-10-21(22,23)15-24;;/h4-7,16,19H,3,8-15H2,1-2H3;2*1H. The first-order chi connectivity index (χ1) is 12.8. The SMILES string of the molecule is CC(C)N1CCC(Oc2ccc(C(=O)CN3CCCC(F)(F)C3)cc2)CC1.Cl.Cl. The molecule has 166 valence electrons. The molecule has 29 heavy (non-hydrogen) atoms. The monoisotopic (exact) mass is 452 g/mol.